The number of alkyl halides is 3. The fourth-order valence-electron chi connectivity index (χ4n) is 3.17. The third kappa shape index (κ3) is 4.60. The first-order valence-corrected chi connectivity index (χ1v) is 9.35. The second-order valence-electron chi connectivity index (χ2n) is 7.05. The molecule has 0 aliphatic rings. The van der Waals surface area contributed by atoms with Gasteiger partial charge in [0, 0.05) is 42.0 Å². The molecule has 0 fully saturated rings. The van der Waals surface area contributed by atoms with E-state index in [0.29, 0.717) is 24.5 Å². The molecule has 0 spiro atoms. The highest BCUT2D eigenvalue weighted by molar-refractivity contribution is 5.85. The first-order chi connectivity index (χ1) is 14.4. The Morgan fingerprint density at radius 3 is 2.57 bits per heavy atom. The molecular weight excluding hydrogens is 393 g/mol. The minimum absolute atomic E-state index is 0.296. The van der Waals surface area contributed by atoms with Gasteiger partial charge >= 0.3 is 6.18 Å². The van der Waals surface area contributed by atoms with Gasteiger partial charge in [-0.05, 0) is 41.6 Å². The summed E-state index contributed by atoms with van der Waals surface area (Å²) in [7, 11) is 0. The van der Waals surface area contributed by atoms with Gasteiger partial charge in [0.15, 0.2) is 11.6 Å². The maximum absolute atomic E-state index is 12.6. The van der Waals surface area contributed by atoms with Gasteiger partial charge in [-0.3, -0.25) is 4.98 Å². The third-order valence-corrected chi connectivity index (χ3v) is 4.76. The average Bonchev–Trinajstić information content (AvgIpc) is 3.21. The Hall–Kier alpha value is -3.39. The second kappa shape index (κ2) is 8.16. The first-order valence-electron chi connectivity index (χ1n) is 9.35. The Labute approximate surface area is 170 Å². The van der Waals surface area contributed by atoms with Crippen LogP contribution in [0.1, 0.15) is 11.1 Å². The molecule has 3 N–H and O–H groups in total. The Morgan fingerprint density at radius 1 is 1.00 bits per heavy atom. The normalized spacial score (nSPS) is 12.8. The Bertz CT molecular complexity index is 1140. The molecule has 0 bridgehead atoms. The van der Waals surface area contributed by atoms with Gasteiger partial charge in [0.25, 0.3) is 0 Å². The molecule has 1 unspecified atom stereocenters. The van der Waals surface area contributed by atoms with Gasteiger partial charge in [0.05, 0.1) is 5.56 Å². The standard InChI is InChI=1S/C22H19F3N4O/c23-22(24,25)18-5-1-14(2-6-18)9-19(26)13-28-21-11-20(30-29-21)16-3-4-17-12-27-8-7-15(17)10-16/h1-8,10-12,19H,9,13,26H2,(H,28,29). The van der Waals surface area contributed by atoms with Crippen LogP contribution in [-0.4, -0.2) is 22.7 Å². The van der Waals surface area contributed by atoms with Gasteiger partial charge in [0.1, 0.15) is 0 Å². The van der Waals surface area contributed by atoms with Gasteiger partial charge in [-0.2, -0.15) is 13.2 Å². The number of halogens is 3. The molecule has 8 heteroatoms. The molecule has 0 saturated heterocycles. The Kier molecular flexibility index (Phi) is 5.41. The van der Waals surface area contributed by atoms with Crippen LogP contribution in [0.15, 0.2) is 71.5 Å². The highest BCUT2D eigenvalue weighted by atomic mass is 19.4. The summed E-state index contributed by atoms with van der Waals surface area (Å²) in [5.74, 6) is 1.16. The smallest absolute Gasteiger partial charge is 0.366 e. The summed E-state index contributed by atoms with van der Waals surface area (Å²) in [4.78, 5) is 4.10. The average molecular weight is 412 g/mol. The Morgan fingerprint density at radius 2 is 1.80 bits per heavy atom. The molecule has 30 heavy (non-hydrogen) atoms. The predicted octanol–water partition coefficient (Wildman–Crippen LogP) is 4.89. The van der Waals surface area contributed by atoms with Crippen molar-refractivity contribution in [2.75, 3.05) is 11.9 Å². The van der Waals surface area contributed by atoms with Crippen molar-refractivity contribution in [2.24, 2.45) is 5.73 Å². The topological polar surface area (TPSA) is 77.0 Å². The van der Waals surface area contributed by atoms with Crippen molar-refractivity contribution in [3.63, 3.8) is 0 Å². The van der Waals surface area contributed by atoms with Crippen molar-refractivity contribution in [2.45, 2.75) is 18.6 Å². The van der Waals surface area contributed by atoms with Crippen molar-refractivity contribution < 1.29 is 17.7 Å². The fraction of sp³-hybridized carbons (Fsp3) is 0.182. The lowest BCUT2D eigenvalue weighted by Gasteiger charge is -2.13. The van der Waals surface area contributed by atoms with Gasteiger partial charge in [-0.1, -0.05) is 29.4 Å². The summed E-state index contributed by atoms with van der Waals surface area (Å²) >= 11 is 0. The van der Waals surface area contributed by atoms with E-state index >= 15 is 0 Å². The predicted molar refractivity (Wildman–Crippen MR) is 109 cm³/mol. The van der Waals surface area contributed by atoms with E-state index in [0.717, 1.165) is 34.0 Å². The molecule has 1 atom stereocenters. The Balaban J connectivity index is 1.35. The van der Waals surface area contributed by atoms with Crippen LogP contribution >= 0.6 is 0 Å². The quantitative estimate of drug-likeness (QED) is 0.472. The number of benzene rings is 2. The van der Waals surface area contributed by atoms with Gasteiger partial charge in [-0.15, -0.1) is 0 Å². The van der Waals surface area contributed by atoms with E-state index in [9.17, 15) is 13.2 Å². The summed E-state index contributed by atoms with van der Waals surface area (Å²) in [5, 5.41) is 9.20. The molecule has 154 valence electrons. The molecule has 2 heterocycles. The number of hydrogen-bond acceptors (Lipinski definition) is 5. The molecule has 0 aliphatic carbocycles. The molecule has 4 aromatic rings. The lowest BCUT2D eigenvalue weighted by molar-refractivity contribution is -0.137. The van der Waals surface area contributed by atoms with E-state index in [-0.39, 0.29) is 6.04 Å². The summed E-state index contributed by atoms with van der Waals surface area (Å²) in [6, 6.07) is 14.4. The van der Waals surface area contributed by atoms with E-state index in [2.05, 4.69) is 15.5 Å². The van der Waals surface area contributed by atoms with E-state index in [1.165, 1.54) is 12.1 Å². The number of hydrogen-bond donors (Lipinski definition) is 2. The number of nitrogens with one attached hydrogen (secondary N) is 1. The lowest BCUT2D eigenvalue weighted by atomic mass is 10.0. The van der Waals surface area contributed by atoms with Crippen molar-refractivity contribution in [1.29, 1.82) is 0 Å². The number of fused-ring (bicyclic) bond motifs is 1. The minimum Gasteiger partial charge on any atom is -0.366 e. The maximum atomic E-state index is 12.6. The SMILES string of the molecule is NC(CNc1cc(-c2ccc3cnccc3c2)on1)Cc1ccc(C(F)(F)F)cc1. The monoisotopic (exact) mass is 412 g/mol. The van der Waals surface area contributed by atoms with Crippen molar-refractivity contribution >= 4 is 16.6 Å². The highest BCUT2D eigenvalue weighted by Crippen LogP contribution is 2.29. The molecule has 2 aromatic carbocycles. The molecule has 0 radical (unpaired) electrons. The molecule has 0 aliphatic heterocycles. The molecule has 0 amide bonds. The molecule has 2 aromatic heterocycles. The summed E-state index contributed by atoms with van der Waals surface area (Å²) in [5.41, 5.74) is 7.07. The van der Waals surface area contributed by atoms with E-state index in [1.807, 2.05) is 24.3 Å². The number of anilines is 1. The molecule has 4 rings (SSSR count). The van der Waals surface area contributed by atoms with Crippen molar-refractivity contribution in [3.8, 4) is 11.3 Å². The zero-order valence-corrected chi connectivity index (χ0v) is 15.9. The fourth-order valence-corrected chi connectivity index (χ4v) is 3.17. The highest BCUT2D eigenvalue weighted by Gasteiger charge is 2.29. The number of pyridine rings is 1. The largest absolute Gasteiger partial charge is 0.416 e. The zero-order valence-electron chi connectivity index (χ0n) is 15.9. The minimum atomic E-state index is -4.34. The van der Waals surface area contributed by atoms with Crippen LogP contribution in [0.3, 0.4) is 0 Å². The van der Waals surface area contributed by atoms with E-state index < -0.39 is 11.7 Å². The van der Waals surface area contributed by atoms with Crippen LogP contribution in [0.5, 0.6) is 0 Å². The summed E-state index contributed by atoms with van der Waals surface area (Å²) in [6.07, 6.45) is -0.370. The van der Waals surface area contributed by atoms with Crippen LogP contribution in [0.2, 0.25) is 0 Å². The van der Waals surface area contributed by atoms with Crippen LogP contribution in [-0.2, 0) is 12.6 Å². The molecular formula is C22H19F3N4O. The summed E-state index contributed by atoms with van der Waals surface area (Å²) < 4.78 is 43.3. The van der Waals surface area contributed by atoms with Crippen molar-refractivity contribution in [3.05, 3.63) is 78.1 Å². The van der Waals surface area contributed by atoms with Gasteiger partial charge in [0.2, 0.25) is 0 Å². The van der Waals surface area contributed by atoms with Crippen LogP contribution in [0.25, 0.3) is 22.1 Å². The number of nitrogens with two attached hydrogens (primary N) is 1. The number of rotatable bonds is 6. The summed E-state index contributed by atoms with van der Waals surface area (Å²) in [6.45, 7) is 0.399. The first kappa shape index (κ1) is 19.9. The molecule has 0 saturated carbocycles. The second-order valence-corrected chi connectivity index (χ2v) is 7.05. The third-order valence-electron chi connectivity index (χ3n) is 4.76. The molecule has 5 nitrogen and oxygen atoms in total. The number of aromatic nitrogens is 2. The van der Waals surface area contributed by atoms with Gasteiger partial charge < -0.3 is 15.6 Å². The van der Waals surface area contributed by atoms with Crippen LogP contribution in [0, 0.1) is 0 Å². The van der Waals surface area contributed by atoms with Crippen molar-refractivity contribution in [1.82, 2.24) is 10.1 Å². The number of nitrogens with zero attached hydrogens (tertiary/aromatic N) is 2. The van der Waals surface area contributed by atoms with E-state index in [4.69, 9.17) is 10.3 Å². The zero-order chi connectivity index (χ0) is 21.1. The van der Waals surface area contributed by atoms with Gasteiger partial charge in [-0.25, -0.2) is 0 Å². The van der Waals surface area contributed by atoms with E-state index in [1.54, 1.807) is 18.5 Å². The van der Waals surface area contributed by atoms with Crippen LogP contribution < -0.4 is 11.1 Å². The lowest BCUT2D eigenvalue weighted by Crippen LogP contribution is -2.31. The maximum Gasteiger partial charge on any atom is 0.416 e. The van der Waals surface area contributed by atoms with Crippen LogP contribution in [0.4, 0.5) is 19.0 Å².